The molecule has 3 rings (SSSR count). The van der Waals surface area contributed by atoms with Crippen molar-refractivity contribution in [1.29, 1.82) is 0 Å². The lowest BCUT2D eigenvalue weighted by Gasteiger charge is -2.16. The Morgan fingerprint density at radius 2 is 1.90 bits per heavy atom. The van der Waals surface area contributed by atoms with E-state index in [0.717, 1.165) is 16.9 Å². The van der Waals surface area contributed by atoms with Gasteiger partial charge in [0.2, 0.25) is 5.78 Å². The Hall–Kier alpha value is -2.62. The monoisotopic (exact) mass is 281 g/mol. The van der Waals surface area contributed by atoms with Crippen LogP contribution in [0.1, 0.15) is 27.9 Å². The first-order valence-electron chi connectivity index (χ1n) is 6.83. The number of ether oxygens (including phenoxy) is 1. The Balaban J connectivity index is 1.76. The summed E-state index contributed by atoms with van der Waals surface area (Å²) in [5.41, 5.74) is 2.86. The fraction of sp³-hybridized carbons (Fsp3) is 0.176. The average molecular weight is 281 g/mol. The molecule has 1 N–H and O–H groups in total. The molecule has 0 saturated heterocycles. The summed E-state index contributed by atoms with van der Waals surface area (Å²) in [7, 11) is 0. The molecule has 0 aliphatic heterocycles. The van der Waals surface area contributed by atoms with Gasteiger partial charge in [0.1, 0.15) is 18.1 Å². The lowest BCUT2D eigenvalue weighted by Crippen LogP contribution is -2.22. The highest BCUT2D eigenvalue weighted by Crippen LogP contribution is 2.25. The molecule has 0 spiro atoms. The molecule has 2 aromatic carbocycles. The van der Waals surface area contributed by atoms with Crippen molar-refractivity contribution in [2.75, 3.05) is 0 Å². The van der Waals surface area contributed by atoms with Crippen LogP contribution in [0.25, 0.3) is 0 Å². The highest BCUT2D eigenvalue weighted by Gasteiger charge is 2.24. The minimum Gasteiger partial charge on any atom is -0.489 e. The SMILES string of the molecule is O=C1/C(=N\O)CCc2cc(OCc3ccccc3)ccc21. The summed E-state index contributed by atoms with van der Waals surface area (Å²) < 4.78 is 5.76. The third-order valence-corrected chi connectivity index (χ3v) is 3.58. The summed E-state index contributed by atoms with van der Waals surface area (Å²) in [6.07, 6.45) is 1.15. The van der Waals surface area contributed by atoms with E-state index < -0.39 is 0 Å². The van der Waals surface area contributed by atoms with E-state index in [4.69, 9.17) is 9.94 Å². The van der Waals surface area contributed by atoms with Crippen molar-refractivity contribution in [2.24, 2.45) is 5.16 Å². The molecule has 0 heterocycles. The number of benzene rings is 2. The molecule has 0 radical (unpaired) electrons. The van der Waals surface area contributed by atoms with Crippen molar-refractivity contribution >= 4 is 11.5 Å². The number of nitrogens with zero attached hydrogens (tertiary/aromatic N) is 1. The van der Waals surface area contributed by atoms with Crippen LogP contribution in [0.4, 0.5) is 0 Å². The Morgan fingerprint density at radius 1 is 1.10 bits per heavy atom. The van der Waals surface area contributed by atoms with Gasteiger partial charge in [0.05, 0.1) is 0 Å². The molecule has 0 unspecified atom stereocenters. The smallest absolute Gasteiger partial charge is 0.210 e. The quantitative estimate of drug-likeness (QED) is 0.694. The molecule has 0 aromatic heterocycles. The third kappa shape index (κ3) is 2.79. The number of carbonyl (C=O) groups is 1. The number of carbonyl (C=O) groups excluding carboxylic acids is 1. The van der Waals surface area contributed by atoms with Gasteiger partial charge < -0.3 is 9.94 Å². The molecule has 4 nitrogen and oxygen atoms in total. The molecule has 21 heavy (non-hydrogen) atoms. The van der Waals surface area contributed by atoms with Crippen LogP contribution < -0.4 is 4.74 Å². The van der Waals surface area contributed by atoms with Crippen molar-refractivity contribution in [3.63, 3.8) is 0 Å². The molecule has 0 amide bonds. The van der Waals surface area contributed by atoms with Gasteiger partial charge >= 0.3 is 0 Å². The lowest BCUT2D eigenvalue weighted by atomic mass is 9.89. The van der Waals surface area contributed by atoms with Crippen LogP contribution in [-0.4, -0.2) is 16.7 Å². The predicted molar refractivity (Wildman–Crippen MR) is 79.1 cm³/mol. The van der Waals surface area contributed by atoms with Crippen molar-refractivity contribution in [3.05, 3.63) is 65.2 Å². The molecular formula is C17H15NO3. The largest absolute Gasteiger partial charge is 0.489 e. The topological polar surface area (TPSA) is 58.9 Å². The molecule has 0 atom stereocenters. The van der Waals surface area contributed by atoms with Gasteiger partial charge in [-0.2, -0.15) is 0 Å². The summed E-state index contributed by atoms with van der Waals surface area (Å²) in [4.78, 5) is 12.0. The van der Waals surface area contributed by atoms with Crippen LogP contribution in [0.15, 0.2) is 53.7 Å². The van der Waals surface area contributed by atoms with E-state index in [-0.39, 0.29) is 11.5 Å². The van der Waals surface area contributed by atoms with E-state index in [1.54, 1.807) is 12.1 Å². The number of oxime groups is 1. The normalized spacial score (nSPS) is 15.8. The maximum Gasteiger partial charge on any atom is 0.210 e. The molecule has 1 aliphatic rings. The average Bonchev–Trinajstić information content (AvgIpc) is 2.54. The van der Waals surface area contributed by atoms with Crippen LogP contribution in [0, 0.1) is 0 Å². The fourth-order valence-corrected chi connectivity index (χ4v) is 2.45. The Labute approximate surface area is 122 Å². The van der Waals surface area contributed by atoms with E-state index in [2.05, 4.69) is 5.16 Å². The minimum atomic E-state index is -0.201. The predicted octanol–water partition coefficient (Wildman–Crippen LogP) is 3.22. The van der Waals surface area contributed by atoms with Crippen LogP contribution in [0.3, 0.4) is 0 Å². The van der Waals surface area contributed by atoms with Gasteiger partial charge in [-0.1, -0.05) is 35.5 Å². The van der Waals surface area contributed by atoms with Crippen LogP contribution >= 0.6 is 0 Å². The fourth-order valence-electron chi connectivity index (χ4n) is 2.45. The van der Waals surface area contributed by atoms with Crippen molar-refractivity contribution < 1.29 is 14.7 Å². The number of hydrogen-bond acceptors (Lipinski definition) is 4. The Kier molecular flexibility index (Phi) is 3.69. The lowest BCUT2D eigenvalue weighted by molar-refractivity contribution is 0.105. The molecule has 4 heteroatoms. The molecule has 1 aliphatic carbocycles. The number of fused-ring (bicyclic) bond motifs is 1. The molecule has 0 fully saturated rings. The van der Waals surface area contributed by atoms with Gasteiger partial charge in [-0.3, -0.25) is 4.79 Å². The zero-order valence-electron chi connectivity index (χ0n) is 11.5. The van der Waals surface area contributed by atoms with E-state index in [0.29, 0.717) is 25.0 Å². The summed E-state index contributed by atoms with van der Waals surface area (Å²) in [6.45, 7) is 0.497. The summed E-state index contributed by atoms with van der Waals surface area (Å²) in [5.74, 6) is 0.545. The second-order valence-electron chi connectivity index (χ2n) is 4.97. The van der Waals surface area contributed by atoms with Gasteiger partial charge in [-0.25, -0.2) is 0 Å². The zero-order chi connectivity index (χ0) is 14.7. The first-order chi connectivity index (χ1) is 10.3. The first kappa shape index (κ1) is 13.4. The number of hydrogen-bond donors (Lipinski definition) is 1. The molecule has 0 saturated carbocycles. The number of aryl methyl sites for hydroxylation is 1. The van der Waals surface area contributed by atoms with Crippen LogP contribution in [0.2, 0.25) is 0 Å². The summed E-state index contributed by atoms with van der Waals surface area (Å²) in [6, 6.07) is 15.3. The first-order valence-corrected chi connectivity index (χ1v) is 6.83. The van der Waals surface area contributed by atoms with Gasteiger partial charge in [0, 0.05) is 12.0 Å². The molecule has 2 aromatic rings. The van der Waals surface area contributed by atoms with Gasteiger partial charge in [0.15, 0.2) is 0 Å². The van der Waals surface area contributed by atoms with Crippen LogP contribution in [-0.2, 0) is 13.0 Å². The maximum atomic E-state index is 12.0. The number of Topliss-reactive ketones (excluding diaryl/α,β-unsaturated/α-hetero) is 1. The standard InChI is InChI=1S/C17H15NO3/c19-17-15-8-7-14(10-13(15)6-9-16(17)18-20)21-11-12-4-2-1-3-5-12/h1-5,7-8,10,20H,6,9,11H2/b18-16-. The van der Waals surface area contributed by atoms with E-state index in [9.17, 15) is 4.79 Å². The van der Waals surface area contributed by atoms with Crippen molar-refractivity contribution in [2.45, 2.75) is 19.4 Å². The van der Waals surface area contributed by atoms with Crippen LogP contribution in [0.5, 0.6) is 5.75 Å². The number of ketones is 1. The van der Waals surface area contributed by atoms with E-state index in [1.165, 1.54) is 0 Å². The van der Waals surface area contributed by atoms with E-state index >= 15 is 0 Å². The van der Waals surface area contributed by atoms with Crippen molar-refractivity contribution in [1.82, 2.24) is 0 Å². The Bertz CT molecular complexity index is 692. The Morgan fingerprint density at radius 3 is 2.67 bits per heavy atom. The van der Waals surface area contributed by atoms with Gasteiger partial charge in [-0.15, -0.1) is 0 Å². The summed E-state index contributed by atoms with van der Waals surface area (Å²) in [5, 5.41) is 11.9. The van der Waals surface area contributed by atoms with Gasteiger partial charge in [0.25, 0.3) is 0 Å². The van der Waals surface area contributed by atoms with Gasteiger partial charge in [-0.05, 0) is 35.7 Å². The highest BCUT2D eigenvalue weighted by atomic mass is 16.5. The second kappa shape index (κ2) is 5.79. The maximum absolute atomic E-state index is 12.0. The summed E-state index contributed by atoms with van der Waals surface area (Å²) >= 11 is 0. The molecule has 106 valence electrons. The zero-order valence-corrected chi connectivity index (χ0v) is 11.5. The minimum absolute atomic E-state index is 0.201. The molecule has 0 bridgehead atoms. The molecular weight excluding hydrogens is 266 g/mol. The van der Waals surface area contributed by atoms with Crippen molar-refractivity contribution in [3.8, 4) is 5.75 Å². The van der Waals surface area contributed by atoms with E-state index in [1.807, 2.05) is 36.4 Å². The third-order valence-electron chi connectivity index (χ3n) is 3.58. The number of rotatable bonds is 3. The second-order valence-corrected chi connectivity index (χ2v) is 4.97. The highest BCUT2D eigenvalue weighted by molar-refractivity contribution is 6.47.